The number of carbonyl (C=O) groups is 1. The van der Waals surface area contributed by atoms with Crippen LogP contribution in [0.4, 0.5) is 0 Å². The van der Waals surface area contributed by atoms with Gasteiger partial charge in [0.2, 0.25) is 0 Å². The number of morpholine rings is 1. The Bertz CT molecular complexity index is 837. The van der Waals surface area contributed by atoms with Crippen molar-refractivity contribution in [2.45, 2.75) is 25.8 Å². The van der Waals surface area contributed by atoms with E-state index < -0.39 is 0 Å². The molecule has 2 aromatic rings. The number of amides is 1. The number of ether oxygens (including phenoxy) is 2. The summed E-state index contributed by atoms with van der Waals surface area (Å²) in [7, 11) is 2.04. The van der Waals surface area contributed by atoms with Crippen molar-refractivity contribution in [3.05, 3.63) is 47.7 Å². The van der Waals surface area contributed by atoms with Crippen LogP contribution < -0.4 is 0 Å². The number of aromatic nitrogens is 1. The van der Waals surface area contributed by atoms with Crippen molar-refractivity contribution < 1.29 is 14.3 Å². The molecule has 3 heterocycles. The third-order valence-electron chi connectivity index (χ3n) is 6.49. The van der Waals surface area contributed by atoms with Crippen LogP contribution in [0.1, 0.15) is 28.9 Å². The number of hydrogen-bond acceptors (Lipinski definition) is 4. The van der Waals surface area contributed by atoms with Gasteiger partial charge in [0.05, 0.1) is 18.8 Å². The summed E-state index contributed by atoms with van der Waals surface area (Å²) < 4.78 is 13.2. The second kappa shape index (κ2) is 9.77. The van der Waals surface area contributed by atoms with Crippen molar-refractivity contribution in [3.63, 3.8) is 0 Å². The van der Waals surface area contributed by atoms with E-state index in [1.54, 1.807) is 0 Å². The van der Waals surface area contributed by atoms with E-state index in [4.69, 9.17) is 9.47 Å². The Balaban J connectivity index is 1.57. The topological polar surface area (TPSA) is 46.9 Å². The Hall–Kier alpha value is -2.15. The Morgan fingerprint density at radius 2 is 1.73 bits per heavy atom. The summed E-state index contributed by atoms with van der Waals surface area (Å²) in [6, 6.07) is 12.6. The van der Waals surface area contributed by atoms with Gasteiger partial charge >= 0.3 is 0 Å². The molecule has 1 amide bonds. The van der Waals surface area contributed by atoms with Crippen LogP contribution in [0.2, 0.25) is 0 Å². The largest absolute Gasteiger partial charge is 0.381 e. The van der Waals surface area contributed by atoms with Crippen LogP contribution in [-0.4, -0.2) is 78.9 Å². The maximum atomic E-state index is 13.8. The number of rotatable bonds is 6. The van der Waals surface area contributed by atoms with Crippen molar-refractivity contribution in [2.24, 2.45) is 7.05 Å². The lowest BCUT2D eigenvalue weighted by Gasteiger charge is -2.36. The Labute approximate surface area is 179 Å². The molecule has 6 heteroatoms. The number of hydrogen-bond donors (Lipinski definition) is 0. The SMILES string of the molecule is Cc1c(C(=O)N(CCN2CCOCC2)C2CCOCC2)cc(-c2ccccc2)n1C. The fourth-order valence-electron chi connectivity index (χ4n) is 4.48. The Morgan fingerprint density at radius 1 is 1.07 bits per heavy atom. The highest BCUT2D eigenvalue weighted by Gasteiger charge is 2.29. The highest BCUT2D eigenvalue weighted by atomic mass is 16.5. The van der Waals surface area contributed by atoms with Gasteiger partial charge in [-0.15, -0.1) is 0 Å². The molecule has 0 bridgehead atoms. The Morgan fingerprint density at radius 3 is 2.43 bits per heavy atom. The standard InChI is InChI=1S/C24H33N3O3/c1-19-22(18-23(25(19)2)20-6-4-3-5-7-20)24(28)27(21-8-14-29-15-9-21)11-10-26-12-16-30-17-13-26/h3-7,18,21H,8-17H2,1-2H3. The van der Waals surface area contributed by atoms with Crippen molar-refractivity contribution in [3.8, 4) is 11.3 Å². The zero-order chi connectivity index (χ0) is 20.9. The molecule has 2 fully saturated rings. The summed E-state index contributed by atoms with van der Waals surface area (Å²) >= 11 is 0. The van der Waals surface area contributed by atoms with Gasteiger partial charge in [-0.3, -0.25) is 9.69 Å². The maximum absolute atomic E-state index is 13.8. The van der Waals surface area contributed by atoms with E-state index in [1.165, 1.54) is 0 Å². The van der Waals surface area contributed by atoms with Crippen molar-refractivity contribution in [2.75, 3.05) is 52.6 Å². The highest BCUT2D eigenvalue weighted by molar-refractivity contribution is 5.97. The smallest absolute Gasteiger partial charge is 0.255 e. The van der Waals surface area contributed by atoms with E-state index in [1.807, 2.05) is 32.2 Å². The molecule has 2 aliphatic heterocycles. The summed E-state index contributed by atoms with van der Waals surface area (Å²) in [5.41, 5.74) is 4.04. The normalized spacial score (nSPS) is 18.5. The first kappa shape index (κ1) is 21.1. The molecule has 0 aliphatic carbocycles. The molecule has 0 spiro atoms. The van der Waals surface area contributed by atoms with Crippen molar-refractivity contribution in [1.82, 2.24) is 14.4 Å². The fourth-order valence-corrected chi connectivity index (χ4v) is 4.48. The number of nitrogens with zero attached hydrogens (tertiary/aromatic N) is 3. The van der Waals surface area contributed by atoms with Crippen LogP contribution in [0.5, 0.6) is 0 Å². The summed E-state index contributed by atoms with van der Waals surface area (Å²) in [4.78, 5) is 18.3. The highest BCUT2D eigenvalue weighted by Crippen LogP contribution is 2.27. The predicted octanol–water partition coefficient (Wildman–Crippen LogP) is 2.95. The lowest BCUT2D eigenvalue weighted by Crippen LogP contribution is -2.48. The van der Waals surface area contributed by atoms with E-state index in [-0.39, 0.29) is 11.9 Å². The van der Waals surface area contributed by atoms with Crippen molar-refractivity contribution >= 4 is 5.91 Å². The zero-order valence-electron chi connectivity index (χ0n) is 18.2. The van der Waals surface area contributed by atoms with E-state index >= 15 is 0 Å². The second-order valence-corrected chi connectivity index (χ2v) is 8.25. The van der Waals surface area contributed by atoms with Gasteiger partial charge < -0.3 is 18.9 Å². The molecule has 162 valence electrons. The zero-order valence-corrected chi connectivity index (χ0v) is 18.2. The molecule has 0 N–H and O–H groups in total. The lowest BCUT2D eigenvalue weighted by atomic mass is 10.0. The van der Waals surface area contributed by atoms with E-state index in [9.17, 15) is 4.79 Å². The van der Waals surface area contributed by atoms with E-state index in [2.05, 4.69) is 32.6 Å². The molecule has 1 aromatic heterocycles. The average Bonchev–Trinajstić information content (AvgIpc) is 3.10. The monoisotopic (exact) mass is 411 g/mol. The second-order valence-electron chi connectivity index (χ2n) is 8.25. The first-order valence-corrected chi connectivity index (χ1v) is 11.1. The Kier molecular flexibility index (Phi) is 6.87. The van der Waals surface area contributed by atoms with Crippen LogP contribution in [-0.2, 0) is 16.5 Å². The van der Waals surface area contributed by atoms with Gasteiger partial charge in [0.15, 0.2) is 0 Å². The first-order chi connectivity index (χ1) is 14.6. The van der Waals surface area contributed by atoms with Gasteiger partial charge in [0, 0.05) is 63.9 Å². The minimum Gasteiger partial charge on any atom is -0.381 e. The van der Waals surface area contributed by atoms with Crippen LogP contribution >= 0.6 is 0 Å². The summed E-state index contributed by atoms with van der Waals surface area (Å²) in [6.45, 7) is 8.60. The minimum absolute atomic E-state index is 0.144. The van der Waals surface area contributed by atoms with E-state index in [0.717, 1.165) is 88.0 Å². The third-order valence-corrected chi connectivity index (χ3v) is 6.49. The molecule has 2 aliphatic rings. The number of carbonyl (C=O) groups excluding carboxylic acids is 1. The summed E-state index contributed by atoms with van der Waals surface area (Å²) in [6.07, 6.45) is 1.82. The molecule has 1 aromatic carbocycles. The van der Waals surface area contributed by atoms with Crippen LogP contribution in [0.3, 0.4) is 0 Å². The molecular formula is C24H33N3O3. The van der Waals surface area contributed by atoms with Gasteiger partial charge in [0.25, 0.3) is 5.91 Å². The quantitative estimate of drug-likeness (QED) is 0.733. The van der Waals surface area contributed by atoms with Crippen LogP contribution in [0.15, 0.2) is 36.4 Å². The molecule has 6 nitrogen and oxygen atoms in total. The van der Waals surface area contributed by atoms with Crippen LogP contribution in [0.25, 0.3) is 11.3 Å². The van der Waals surface area contributed by atoms with Gasteiger partial charge in [-0.2, -0.15) is 0 Å². The number of benzene rings is 1. The maximum Gasteiger partial charge on any atom is 0.255 e. The van der Waals surface area contributed by atoms with Gasteiger partial charge in [-0.25, -0.2) is 0 Å². The first-order valence-electron chi connectivity index (χ1n) is 11.1. The predicted molar refractivity (Wildman–Crippen MR) is 118 cm³/mol. The summed E-state index contributed by atoms with van der Waals surface area (Å²) in [5.74, 6) is 0.144. The van der Waals surface area contributed by atoms with Crippen molar-refractivity contribution in [1.29, 1.82) is 0 Å². The molecule has 30 heavy (non-hydrogen) atoms. The van der Waals surface area contributed by atoms with Gasteiger partial charge in [0.1, 0.15) is 0 Å². The third kappa shape index (κ3) is 4.61. The summed E-state index contributed by atoms with van der Waals surface area (Å²) in [5, 5.41) is 0. The molecule has 0 atom stereocenters. The fraction of sp³-hybridized carbons (Fsp3) is 0.542. The molecule has 0 saturated carbocycles. The average molecular weight is 412 g/mol. The van der Waals surface area contributed by atoms with E-state index in [0.29, 0.717) is 0 Å². The van der Waals surface area contributed by atoms with Gasteiger partial charge in [-0.05, 0) is 31.4 Å². The lowest BCUT2D eigenvalue weighted by molar-refractivity contribution is 0.0141. The molecular weight excluding hydrogens is 378 g/mol. The minimum atomic E-state index is 0.144. The molecule has 4 rings (SSSR count). The molecule has 2 saturated heterocycles. The van der Waals surface area contributed by atoms with Crippen LogP contribution in [0, 0.1) is 6.92 Å². The molecule has 0 radical (unpaired) electrons. The van der Waals surface area contributed by atoms with Gasteiger partial charge in [-0.1, -0.05) is 30.3 Å². The molecule has 0 unspecified atom stereocenters.